The van der Waals surface area contributed by atoms with E-state index < -0.39 is 11.9 Å². The minimum absolute atomic E-state index is 0.855. The molecular formula is C8H17NO4. The molecule has 0 unspecified atom stereocenters. The van der Waals surface area contributed by atoms with E-state index in [1.807, 2.05) is 0 Å². The number of carboxylic acid groups (broad SMARTS) is 1. The zero-order valence-corrected chi connectivity index (χ0v) is 8.08. The molecule has 5 nitrogen and oxygen atoms in total. The maximum Gasteiger partial charge on any atom is 0.417 e. The summed E-state index contributed by atoms with van der Waals surface area (Å²) in [4.78, 5) is 19.1. The Hall–Kier alpha value is -1.10. The van der Waals surface area contributed by atoms with Crippen LogP contribution in [0.4, 0.5) is 0 Å². The number of carbonyl (C=O) groups excluding carboxylic acids is 1. The summed E-state index contributed by atoms with van der Waals surface area (Å²) in [7, 11) is 1.01. The SMILES string of the molecule is CCCCCN.COC(=O)C(=O)O. The van der Waals surface area contributed by atoms with E-state index in [1.165, 1.54) is 19.3 Å². The van der Waals surface area contributed by atoms with Crippen LogP contribution in [0.25, 0.3) is 0 Å². The summed E-state index contributed by atoms with van der Waals surface area (Å²) in [6, 6.07) is 0. The van der Waals surface area contributed by atoms with E-state index in [1.54, 1.807) is 0 Å². The van der Waals surface area contributed by atoms with Crippen molar-refractivity contribution in [1.82, 2.24) is 0 Å². The highest BCUT2D eigenvalue weighted by molar-refractivity contribution is 6.28. The molecule has 78 valence electrons. The Labute approximate surface area is 77.9 Å². The molecule has 0 bridgehead atoms. The van der Waals surface area contributed by atoms with E-state index in [2.05, 4.69) is 11.7 Å². The maximum atomic E-state index is 9.69. The van der Waals surface area contributed by atoms with Gasteiger partial charge >= 0.3 is 11.9 Å². The molecule has 13 heavy (non-hydrogen) atoms. The Morgan fingerprint density at radius 2 is 1.92 bits per heavy atom. The van der Waals surface area contributed by atoms with E-state index in [0.29, 0.717) is 0 Å². The van der Waals surface area contributed by atoms with Crippen LogP contribution < -0.4 is 5.73 Å². The molecule has 0 saturated heterocycles. The number of carboxylic acids is 1. The average molecular weight is 191 g/mol. The molecule has 5 heteroatoms. The number of carbonyl (C=O) groups is 2. The van der Waals surface area contributed by atoms with Gasteiger partial charge in [0, 0.05) is 0 Å². The first kappa shape index (κ1) is 14.4. The van der Waals surface area contributed by atoms with Gasteiger partial charge in [-0.15, -0.1) is 0 Å². The Balaban J connectivity index is 0. The Kier molecular flexibility index (Phi) is 12.1. The molecule has 0 radical (unpaired) electrons. The molecule has 0 fully saturated rings. The van der Waals surface area contributed by atoms with Crippen LogP contribution in [-0.4, -0.2) is 30.7 Å². The number of unbranched alkanes of at least 4 members (excludes halogenated alkanes) is 2. The molecule has 0 amide bonds. The van der Waals surface area contributed by atoms with Crippen molar-refractivity contribution in [1.29, 1.82) is 0 Å². The lowest BCUT2D eigenvalue weighted by Crippen LogP contribution is -2.13. The summed E-state index contributed by atoms with van der Waals surface area (Å²) in [5, 5.41) is 7.71. The number of rotatable bonds is 3. The molecule has 0 aliphatic heterocycles. The quantitative estimate of drug-likeness (QED) is 0.382. The van der Waals surface area contributed by atoms with Crippen LogP contribution in [0.3, 0.4) is 0 Å². The van der Waals surface area contributed by atoms with Crippen molar-refractivity contribution >= 4 is 11.9 Å². The fourth-order valence-electron chi connectivity index (χ4n) is 0.482. The number of ether oxygens (including phenoxy) is 1. The first-order valence-corrected chi connectivity index (χ1v) is 4.11. The van der Waals surface area contributed by atoms with Crippen LogP contribution in [0.2, 0.25) is 0 Å². The number of hydrogen-bond acceptors (Lipinski definition) is 4. The maximum absolute atomic E-state index is 9.69. The summed E-state index contributed by atoms with van der Waals surface area (Å²) in [6.07, 6.45) is 3.75. The molecule has 0 aromatic carbocycles. The number of aliphatic carboxylic acids is 1. The van der Waals surface area contributed by atoms with Crippen LogP contribution in [0.5, 0.6) is 0 Å². The second-order valence-electron chi connectivity index (χ2n) is 2.29. The fraction of sp³-hybridized carbons (Fsp3) is 0.750. The summed E-state index contributed by atoms with van der Waals surface area (Å²) in [5.74, 6) is -2.80. The highest BCUT2D eigenvalue weighted by atomic mass is 16.5. The van der Waals surface area contributed by atoms with Gasteiger partial charge in [0.2, 0.25) is 0 Å². The van der Waals surface area contributed by atoms with Crippen molar-refractivity contribution in [3.05, 3.63) is 0 Å². The van der Waals surface area contributed by atoms with Crippen molar-refractivity contribution < 1.29 is 19.4 Å². The lowest BCUT2D eigenvalue weighted by Gasteiger charge is -1.86. The van der Waals surface area contributed by atoms with E-state index in [0.717, 1.165) is 13.7 Å². The van der Waals surface area contributed by atoms with Crippen LogP contribution in [-0.2, 0) is 14.3 Å². The monoisotopic (exact) mass is 191 g/mol. The van der Waals surface area contributed by atoms with Gasteiger partial charge in [-0.2, -0.15) is 0 Å². The van der Waals surface area contributed by atoms with Crippen molar-refractivity contribution in [3.8, 4) is 0 Å². The smallest absolute Gasteiger partial charge is 0.417 e. The molecule has 0 aromatic heterocycles. The summed E-state index contributed by atoms with van der Waals surface area (Å²) in [5.41, 5.74) is 5.21. The Bertz CT molecular complexity index is 143. The summed E-state index contributed by atoms with van der Waals surface area (Å²) >= 11 is 0. The topological polar surface area (TPSA) is 89.6 Å². The van der Waals surface area contributed by atoms with Gasteiger partial charge in [-0.1, -0.05) is 19.8 Å². The highest BCUT2D eigenvalue weighted by Crippen LogP contribution is 1.88. The van der Waals surface area contributed by atoms with Gasteiger partial charge in [0.05, 0.1) is 7.11 Å². The highest BCUT2D eigenvalue weighted by Gasteiger charge is 2.08. The van der Waals surface area contributed by atoms with Crippen molar-refractivity contribution in [2.24, 2.45) is 5.73 Å². The number of esters is 1. The van der Waals surface area contributed by atoms with E-state index in [4.69, 9.17) is 10.8 Å². The third-order valence-corrected chi connectivity index (χ3v) is 1.17. The van der Waals surface area contributed by atoms with Crippen molar-refractivity contribution in [2.45, 2.75) is 26.2 Å². The molecule has 0 atom stereocenters. The molecule has 0 heterocycles. The zero-order valence-electron chi connectivity index (χ0n) is 8.08. The standard InChI is InChI=1S/C5H13N.C3H4O4/c1-2-3-4-5-6;1-7-3(6)2(4)5/h2-6H2,1H3;1H3,(H,4,5). The molecule has 0 aliphatic rings. The third-order valence-electron chi connectivity index (χ3n) is 1.17. The van der Waals surface area contributed by atoms with Gasteiger partial charge < -0.3 is 15.6 Å². The van der Waals surface area contributed by atoms with E-state index in [9.17, 15) is 9.59 Å². The second kappa shape index (κ2) is 10.9. The van der Waals surface area contributed by atoms with Gasteiger partial charge in [-0.25, -0.2) is 9.59 Å². The van der Waals surface area contributed by atoms with Crippen molar-refractivity contribution in [3.63, 3.8) is 0 Å². The second-order valence-corrected chi connectivity index (χ2v) is 2.29. The molecule has 0 rings (SSSR count). The van der Waals surface area contributed by atoms with Crippen LogP contribution >= 0.6 is 0 Å². The number of methoxy groups -OCH3 is 1. The van der Waals surface area contributed by atoms with Crippen LogP contribution in [0, 0.1) is 0 Å². The van der Waals surface area contributed by atoms with Gasteiger partial charge in [0.25, 0.3) is 0 Å². The van der Waals surface area contributed by atoms with E-state index >= 15 is 0 Å². The first-order chi connectivity index (χ1) is 6.09. The lowest BCUT2D eigenvalue weighted by molar-refractivity contribution is -0.161. The molecule has 3 N–H and O–H groups in total. The minimum atomic E-state index is -1.57. The largest absolute Gasteiger partial charge is 0.473 e. The third kappa shape index (κ3) is 13.8. The Morgan fingerprint density at radius 3 is 2.00 bits per heavy atom. The van der Waals surface area contributed by atoms with Gasteiger partial charge in [0.15, 0.2) is 0 Å². The predicted octanol–water partition coefficient (Wildman–Crippen LogP) is 0.379. The van der Waals surface area contributed by atoms with Crippen molar-refractivity contribution in [2.75, 3.05) is 13.7 Å². The molecule has 0 saturated carbocycles. The predicted molar refractivity (Wildman–Crippen MR) is 48.2 cm³/mol. The summed E-state index contributed by atoms with van der Waals surface area (Å²) in [6.45, 7) is 3.03. The van der Waals surface area contributed by atoms with Gasteiger partial charge in [-0.05, 0) is 13.0 Å². The molecular weight excluding hydrogens is 174 g/mol. The molecule has 0 aliphatic carbocycles. The zero-order chi connectivity index (χ0) is 10.7. The fourth-order valence-corrected chi connectivity index (χ4v) is 0.482. The molecule has 0 spiro atoms. The lowest BCUT2D eigenvalue weighted by atomic mass is 10.3. The number of hydrogen-bond donors (Lipinski definition) is 2. The van der Waals surface area contributed by atoms with Crippen LogP contribution in [0.1, 0.15) is 26.2 Å². The van der Waals surface area contributed by atoms with E-state index in [-0.39, 0.29) is 0 Å². The first-order valence-electron chi connectivity index (χ1n) is 4.11. The minimum Gasteiger partial charge on any atom is -0.473 e. The normalized spacial score (nSPS) is 8.23. The molecule has 0 aromatic rings. The van der Waals surface area contributed by atoms with Gasteiger partial charge in [0.1, 0.15) is 0 Å². The average Bonchev–Trinajstić information content (AvgIpc) is 2.14. The van der Waals surface area contributed by atoms with Gasteiger partial charge in [-0.3, -0.25) is 0 Å². The Morgan fingerprint density at radius 1 is 1.38 bits per heavy atom. The number of nitrogens with two attached hydrogens (primary N) is 1. The summed E-state index contributed by atoms with van der Waals surface area (Å²) < 4.78 is 3.77. The van der Waals surface area contributed by atoms with Crippen LogP contribution in [0.15, 0.2) is 0 Å².